The fourth-order valence-electron chi connectivity index (χ4n) is 3.55. The molecule has 164 valence electrons. The maximum absolute atomic E-state index is 5.82. The molecule has 3 aromatic heterocycles. The Morgan fingerprint density at radius 1 is 1.19 bits per heavy atom. The number of fused-ring (bicyclic) bond motifs is 2. The second-order valence-electron chi connectivity index (χ2n) is 9.20. The van der Waals surface area contributed by atoms with Crippen molar-refractivity contribution < 1.29 is 4.74 Å². The van der Waals surface area contributed by atoms with Gasteiger partial charge < -0.3 is 20.3 Å². The van der Waals surface area contributed by atoms with E-state index in [2.05, 4.69) is 59.4 Å². The number of rotatable bonds is 6. The molecule has 4 heterocycles. The van der Waals surface area contributed by atoms with E-state index >= 15 is 0 Å². The number of hydrogen-bond donors (Lipinski definition) is 2. The molecule has 0 saturated heterocycles. The normalized spacial score (nSPS) is 14.4. The van der Waals surface area contributed by atoms with Crippen LogP contribution in [0.25, 0.3) is 10.9 Å². The third-order valence-corrected chi connectivity index (χ3v) is 5.14. The molecular weight excluding hydrogens is 390 g/mol. The van der Waals surface area contributed by atoms with E-state index in [4.69, 9.17) is 14.7 Å². The minimum absolute atomic E-state index is 0.131. The Morgan fingerprint density at radius 3 is 2.81 bits per heavy atom. The number of ether oxygens (including phenoxy) is 1. The van der Waals surface area contributed by atoms with Crippen molar-refractivity contribution in [3.05, 3.63) is 35.8 Å². The fraction of sp³-hybridized carbons (Fsp3) is 0.478. The van der Waals surface area contributed by atoms with Gasteiger partial charge in [-0.05, 0) is 37.1 Å². The summed E-state index contributed by atoms with van der Waals surface area (Å²) in [6.07, 6.45) is 4.52. The highest BCUT2D eigenvalue weighted by molar-refractivity contribution is 5.88. The molecule has 1 aliphatic rings. The van der Waals surface area contributed by atoms with Crippen LogP contribution in [0.2, 0.25) is 0 Å². The third kappa shape index (κ3) is 5.02. The van der Waals surface area contributed by atoms with Crippen LogP contribution in [0.4, 0.5) is 17.5 Å². The van der Waals surface area contributed by atoms with E-state index in [-0.39, 0.29) is 5.41 Å². The lowest BCUT2D eigenvalue weighted by molar-refractivity contribution is 0.301. The molecule has 0 aliphatic carbocycles. The predicted molar refractivity (Wildman–Crippen MR) is 124 cm³/mol. The average molecular weight is 422 g/mol. The van der Waals surface area contributed by atoms with Gasteiger partial charge in [-0.25, -0.2) is 19.9 Å². The summed E-state index contributed by atoms with van der Waals surface area (Å²) in [5.74, 6) is 1.84. The molecule has 1 aliphatic heterocycles. The summed E-state index contributed by atoms with van der Waals surface area (Å²) >= 11 is 0. The van der Waals surface area contributed by atoms with Gasteiger partial charge in [0.2, 0.25) is 11.8 Å². The Hall–Kier alpha value is -3.00. The van der Waals surface area contributed by atoms with E-state index in [1.54, 1.807) is 6.20 Å². The zero-order chi connectivity index (χ0) is 22.0. The van der Waals surface area contributed by atoms with Gasteiger partial charge in [-0.1, -0.05) is 20.8 Å². The second kappa shape index (κ2) is 8.63. The van der Waals surface area contributed by atoms with E-state index in [1.807, 2.05) is 19.2 Å². The zero-order valence-electron chi connectivity index (χ0n) is 19.0. The standard InChI is InChI=1S/C23H31N7O/c1-6-31-21-18(11-16-13-30(5)10-8-17(16)27-21)28-22-25-12-15-7-9-24-20(19(15)29-22)26-14-23(2,3)4/h7,9,11-12H,6,8,10,13-14H2,1-5H3,(H,24,26)(H,25,28,29). The average Bonchev–Trinajstić information content (AvgIpc) is 2.72. The smallest absolute Gasteiger partial charge is 0.238 e. The molecule has 0 spiro atoms. The van der Waals surface area contributed by atoms with Gasteiger partial charge in [0.1, 0.15) is 11.2 Å². The zero-order valence-corrected chi connectivity index (χ0v) is 19.0. The highest BCUT2D eigenvalue weighted by Gasteiger charge is 2.19. The van der Waals surface area contributed by atoms with Gasteiger partial charge in [-0.2, -0.15) is 0 Å². The van der Waals surface area contributed by atoms with Gasteiger partial charge in [0.05, 0.1) is 12.3 Å². The van der Waals surface area contributed by atoms with Crippen LogP contribution in [0.15, 0.2) is 24.5 Å². The van der Waals surface area contributed by atoms with Crippen LogP contribution in [0, 0.1) is 5.41 Å². The van der Waals surface area contributed by atoms with Crippen molar-refractivity contribution in [2.45, 2.75) is 40.7 Å². The summed E-state index contributed by atoms with van der Waals surface area (Å²) in [4.78, 5) is 20.8. The summed E-state index contributed by atoms with van der Waals surface area (Å²) in [5.41, 5.74) is 4.00. The number of aromatic nitrogens is 4. The second-order valence-corrected chi connectivity index (χ2v) is 9.20. The van der Waals surface area contributed by atoms with Crippen molar-refractivity contribution >= 4 is 28.4 Å². The Bertz CT molecular complexity index is 1080. The number of anilines is 3. The molecule has 31 heavy (non-hydrogen) atoms. The Kier molecular flexibility index (Phi) is 5.91. The molecule has 8 nitrogen and oxygen atoms in total. The van der Waals surface area contributed by atoms with Crippen LogP contribution in [0.1, 0.15) is 39.0 Å². The highest BCUT2D eigenvalue weighted by atomic mass is 16.5. The van der Waals surface area contributed by atoms with E-state index in [0.29, 0.717) is 18.4 Å². The molecule has 3 aromatic rings. The van der Waals surface area contributed by atoms with E-state index in [0.717, 1.165) is 54.2 Å². The molecule has 0 atom stereocenters. The van der Waals surface area contributed by atoms with Crippen molar-refractivity contribution in [2.75, 3.05) is 37.4 Å². The van der Waals surface area contributed by atoms with Gasteiger partial charge in [0.15, 0.2) is 5.82 Å². The van der Waals surface area contributed by atoms with Crippen LogP contribution in [0.5, 0.6) is 5.88 Å². The highest BCUT2D eigenvalue weighted by Crippen LogP contribution is 2.31. The van der Waals surface area contributed by atoms with Crippen molar-refractivity contribution in [1.82, 2.24) is 24.8 Å². The van der Waals surface area contributed by atoms with Crippen LogP contribution >= 0.6 is 0 Å². The molecule has 0 aromatic carbocycles. The summed E-state index contributed by atoms with van der Waals surface area (Å²) in [5, 5.41) is 7.69. The Labute approximate surface area is 183 Å². The predicted octanol–water partition coefficient (Wildman–Crippen LogP) is 4.01. The van der Waals surface area contributed by atoms with Gasteiger partial charge >= 0.3 is 0 Å². The lowest BCUT2D eigenvalue weighted by Gasteiger charge is -2.25. The topological polar surface area (TPSA) is 88.1 Å². The van der Waals surface area contributed by atoms with E-state index < -0.39 is 0 Å². The molecule has 0 fully saturated rings. The van der Waals surface area contributed by atoms with Gasteiger partial charge in [0.25, 0.3) is 0 Å². The Balaban J connectivity index is 1.67. The molecule has 4 rings (SSSR count). The molecule has 8 heteroatoms. The first kappa shape index (κ1) is 21.2. The number of hydrogen-bond acceptors (Lipinski definition) is 8. The molecule has 0 radical (unpaired) electrons. The number of pyridine rings is 2. The van der Waals surface area contributed by atoms with Crippen LogP contribution in [-0.4, -0.2) is 51.6 Å². The maximum Gasteiger partial charge on any atom is 0.238 e. The monoisotopic (exact) mass is 421 g/mol. The van der Waals surface area contributed by atoms with Crippen LogP contribution in [0.3, 0.4) is 0 Å². The SMILES string of the molecule is CCOc1nc2c(cc1Nc1ncc3ccnc(NCC(C)(C)C)c3n1)CN(C)CC2. The van der Waals surface area contributed by atoms with E-state index in [1.165, 1.54) is 5.56 Å². The third-order valence-electron chi connectivity index (χ3n) is 5.14. The summed E-state index contributed by atoms with van der Waals surface area (Å²) in [7, 11) is 2.12. The van der Waals surface area contributed by atoms with Crippen molar-refractivity contribution in [1.29, 1.82) is 0 Å². The summed E-state index contributed by atoms with van der Waals surface area (Å²) in [6, 6.07) is 4.03. The summed E-state index contributed by atoms with van der Waals surface area (Å²) in [6.45, 7) is 11.7. The fourth-order valence-corrected chi connectivity index (χ4v) is 3.55. The first-order valence-corrected chi connectivity index (χ1v) is 10.8. The maximum atomic E-state index is 5.82. The lowest BCUT2D eigenvalue weighted by atomic mass is 9.97. The molecule has 0 unspecified atom stereocenters. The lowest BCUT2D eigenvalue weighted by Crippen LogP contribution is -2.27. The van der Waals surface area contributed by atoms with Crippen molar-refractivity contribution in [2.24, 2.45) is 5.41 Å². The molecule has 0 amide bonds. The van der Waals surface area contributed by atoms with Crippen LogP contribution < -0.4 is 15.4 Å². The van der Waals surface area contributed by atoms with Crippen LogP contribution in [-0.2, 0) is 13.0 Å². The number of likely N-dealkylation sites (N-methyl/N-ethyl adjacent to an activating group) is 1. The minimum atomic E-state index is 0.131. The number of nitrogens with zero attached hydrogens (tertiary/aromatic N) is 5. The minimum Gasteiger partial charge on any atom is -0.476 e. The number of nitrogens with one attached hydrogen (secondary N) is 2. The van der Waals surface area contributed by atoms with Gasteiger partial charge in [0, 0.05) is 43.8 Å². The van der Waals surface area contributed by atoms with E-state index in [9.17, 15) is 0 Å². The van der Waals surface area contributed by atoms with Crippen molar-refractivity contribution in [3.63, 3.8) is 0 Å². The molecule has 2 N–H and O–H groups in total. The van der Waals surface area contributed by atoms with Gasteiger partial charge in [-0.15, -0.1) is 0 Å². The molecule has 0 bridgehead atoms. The first-order valence-electron chi connectivity index (χ1n) is 10.8. The Morgan fingerprint density at radius 2 is 2.03 bits per heavy atom. The molecule has 0 saturated carbocycles. The summed E-state index contributed by atoms with van der Waals surface area (Å²) < 4.78 is 5.82. The van der Waals surface area contributed by atoms with Crippen molar-refractivity contribution in [3.8, 4) is 5.88 Å². The van der Waals surface area contributed by atoms with Gasteiger partial charge in [-0.3, -0.25) is 0 Å². The quantitative estimate of drug-likeness (QED) is 0.617. The molecular formula is C23H31N7O. The largest absolute Gasteiger partial charge is 0.476 e. The first-order chi connectivity index (χ1) is 14.8.